The molecule has 0 amide bonds. The van der Waals surface area contributed by atoms with Gasteiger partial charge >= 0.3 is 0 Å². The molecule has 70 valence electrons. The Morgan fingerprint density at radius 2 is 2.08 bits per heavy atom. The first-order valence-corrected chi connectivity index (χ1v) is 4.51. The zero-order valence-electron chi connectivity index (χ0n) is 8.39. The van der Waals surface area contributed by atoms with Gasteiger partial charge in [-0.1, -0.05) is 13.8 Å². The van der Waals surface area contributed by atoms with Crippen molar-refractivity contribution in [3.05, 3.63) is 0 Å². The third-order valence-electron chi connectivity index (χ3n) is 2.39. The van der Waals surface area contributed by atoms with Gasteiger partial charge in [0.25, 0.3) is 0 Å². The van der Waals surface area contributed by atoms with Crippen molar-refractivity contribution in [2.45, 2.75) is 40.2 Å². The number of nitrogens with two attached hydrogens (primary N) is 1. The maximum atomic E-state index is 5.40. The Labute approximate surface area is 74.4 Å². The van der Waals surface area contributed by atoms with Gasteiger partial charge in [-0.25, -0.2) is 5.84 Å². The molecule has 0 aromatic rings. The van der Waals surface area contributed by atoms with Crippen molar-refractivity contribution in [2.75, 3.05) is 0 Å². The Balaban J connectivity index is 2.60. The minimum Gasteiger partial charge on any atom is -0.312 e. The molecule has 0 aromatic heterocycles. The molecule has 1 aliphatic rings. The van der Waals surface area contributed by atoms with Gasteiger partial charge in [-0.15, -0.1) is 0 Å². The lowest BCUT2D eigenvalue weighted by Gasteiger charge is -2.08. The van der Waals surface area contributed by atoms with Crippen molar-refractivity contribution in [2.24, 2.45) is 22.2 Å². The van der Waals surface area contributed by atoms with Crippen molar-refractivity contribution in [3.63, 3.8) is 0 Å². The predicted molar refractivity (Wildman–Crippen MR) is 51.8 cm³/mol. The van der Waals surface area contributed by atoms with Crippen LogP contribution in [0.5, 0.6) is 0 Å². The molecule has 0 aromatic carbocycles. The Bertz CT molecular complexity index is 194. The van der Waals surface area contributed by atoms with Crippen LogP contribution in [0, 0.1) is 11.3 Å². The quantitative estimate of drug-likeness (QED) is 0.283. The standard InChI is InChI=1S/C9H19N3/c1-6(2)11-8(12-10)7-5-9(7,3)4/h6-7H,5,10H2,1-4H3,(H,11,12). The van der Waals surface area contributed by atoms with Crippen molar-refractivity contribution in [3.8, 4) is 0 Å². The maximum absolute atomic E-state index is 5.40. The van der Waals surface area contributed by atoms with Gasteiger partial charge in [0.05, 0.1) is 0 Å². The predicted octanol–water partition coefficient (Wildman–Crippen LogP) is 1.30. The summed E-state index contributed by atoms with van der Waals surface area (Å²) in [5, 5.41) is 0. The van der Waals surface area contributed by atoms with E-state index in [1.54, 1.807) is 0 Å². The molecule has 0 bridgehead atoms. The third kappa shape index (κ3) is 1.97. The summed E-state index contributed by atoms with van der Waals surface area (Å²) in [6.07, 6.45) is 1.20. The van der Waals surface area contributed by atoms with Gasteiger partial charge in [0.15, 0.2) is 0 Å². The minimum absolute atomic E-state index is 0.326. The lowest BCUT2D eigenvalue weighted by Crippen LogP contribution is -2.33. The molecule has 3 N–H and O–H groups in total. The van der Waals surface area contributed by atoms with Gasteiger partial charge in [-0.3, -0.25) is 4.99 Å². The topological polar surface area (TPSA) is 50.4 Å². The molecule has 1 unspecified atom stereocenters. The maximum Gasteiger partial charge on any atom is 0.114 e. The van der Waals surface area contributed by atoms with Crippen LogP contribution in [0.25, 0.3) is 0 Å². The first-order chi connectivity index (χ1) is 5.47. The monoisotopic (exact) mass is 169 g/mol. The molecular formula is C9H19N3. The third-order valence-corrected chi connectivity index (χ3v) is 2.39. The van der Waals surface area contributed by atoms with Gasteiger partial charge in [-0.2, -0.15) is 0 Å². The van der Waals surface area contributed by atoms with E-state index in [9.17, 15) is 0 Å². The highest BCUT2D eigenvalue weighted by molar-refractivity contribution is 5.87. The second-order valence-electron chi connectivity index (χ2n) is 4.50. The van der Waals surface area contributed by atoms with E-state index < -0.39 is 0 Å². The number of nitrogens with zero attached hydrogens (tertiary/aromatic N) is 1. The minimum atomic E-state index is 0.326. The molecule has 3 heteroatoms. The smallest absolute Gasteiger partial charge is 0.114 e. The first kappa shape index (κ1) is 9.52. The van der Waals surface area contributed by atoms with Crippen LogP contribution < -0.4 is 11.3 Å². The van der Waals surface area contributed by atoms with Crippen LogP contribution in [-0.2, 0) is 0 Å². The van der Waals surface area contributed by atoms with Crippen LogP contribution >= 0.6 is 0 Å². The number of aliphatic imine (C=N–C) groups is 1. The summed E-state index contributed by atoms with van der Waals surface area (Å²) >= 11 is 0. The highest BCUT2D eigenvalue weighted by Crippen LogP contribution is 2.51. The summed E-state index contributed by atoms with van der Waals surface area (Å²) < 4.78 is 0. The van der Waals surface area contributed by atoms with E-state index in [2.05, 4.69) is 38.1 Å². The SMILES string of the molecule is CC(C)N=C(NN)C1CC1(C)C. The van der Waals surface area contributed by atoms with Crippen molar-refractivity contribution in [1.82, 2.24) is 5.43 Å². The Hall–Kier alpha value is -0.570. The summed E-state index contributed by atoms with van der Waals surface area (Å²) in [6, 6.07) is 0.326. The molecule has 0 radical (unpaired) electrons. The van der Waals surface area contributed by atoms with E-state index in [1.807, 2.05) is 0 Å². The van der Waals surface area contributed by atoms with E-state index in [1.165, 1.54) is 6.42 Å². The molecule has 0 saturated heterocycles. The fourth-order valence-electron chi connectivity index (χ4n) is 1.44. The number of hydrazine groups is 1. The molecular weight excluding hydrogens is 150 g/mol. The lowest BCUT2D eigenvalue weighted by atomic mass is 10.1. The number of amidine groups is 1. The molecule has 1 rings (SSSR count). The Kier molecular flexibility index (Phi) is 2.42. The first-order valence-electron chi connectivity index (χ1n) is 4.51. The fourth-order valence-corrected chi connectivity index (χ4v) is 1.44. The van der Waals surface area contributed by atoms with E-state index in [4.69, 9.17) is 5.84 Å². The fraction of sp³-hybridized carbons (Fsp3) is 0.889. The zero-order chi connectivity index (χ0) is 9.35. The molecule has 3 nitrogen and oxygen atoms in total. The average molecular weight is 169 g/mol. The van der Waals surface area contributed by atoms with Gasteiger partial charge in [-0.05, 0) is 25.7 Å². The second-order valence-corrected chi connectivity index (χ2v) is 4.50. The highest BCUT2D eigenvalue weighted by Gasteiger charge is 2.48. The van der Waals surface area contributed by atoms with Gasteiger partial charge in [0, 0.05) is 12.0 Å². The molecule has 1 aliphatic carbocycles. The van der Waals surface area contributed by atoms with Crippen molar-refractivity contribution in [1.29, 1.82) is 0 Å². The molecule has 0 spiro atoms. The molecule has 0 heterocycles. The molecule has 1 fully saturated rings. The molecule has 1 saturated carbocycles. The van der Waals surface area contributed by atoms with Crippen LogP contribution in [0.15, 0.2) is 4.99 Å². The van der Waals surface area contributed by atoms with Crippen molar-refractivity contribution < 1.29 is 0 Å². The zero-order valence-corrected chi connectivity index (χ0v) is 8.39. The number of rotatable bonds is 2. The summed E-state index contributed by atoms with van der Waals surface area (Å²) in [6.45, 7) is 8.61. The number of hydrogen-bond acceptors (Lipinski definition) is 2. The highest BCUT2D eigenvalue weighted by atomic mass is 15.3. The summed E-state index contributed by atoms with van der Waals surface area (Å²) in [4.78, 5) is 4.43. The Morgan fingerprint density at radius 3 is 2.33 bits per heavy atom. The summed E-state index contributed by atoms with van der Waals surface area (Å²) in [5.41, 5.74) is 3.10. The summed E-state index contributed by atoms with van der Waals surface area (Å²) in [5.74, 6) is 6.92. The number of hydrogen-bond donors (Lipinski definition) is 2. The van der Waals surface area contributed by atoms with Crippen LogP contribution in [0.4, 0.5) is 0 Å². The largest absolute Gasteiger partial charge is 0.312 e. The Morgan fingerprint density at radius 1 is 1.58 bits per heavy atom. The van der Waals surface area contributed by atoms with Crippen LogP contribution in [0.3, 0.4) is 0 Å². The summed E-state index contributed by atoms with van der Waals surface area (Å²) in [7, 11) is 0. The van der Waals surface area contributed by atoms with Gasteiger partial charge in [0.2, 0.25) is 0 Å². The lowest BCUT2D eigenvalue weighted by molar-refractivity contribution is 0.611. The molecule has 12 heavy (non-hydrogen) atoms. The van der Waals surface area contributed by atoms with Crippen LogP contribution in [0.1, 0.15) is 34.1 Å². The second kappa shape index (κ2) is 3.05. The normalized spacial score (nSPS) is 27.5. The number of nitrogens with one attached hydrogen (secondary N) is 1. The van der Waals surface area contributed by atoms with E-state index in [-0.39, 0.29) is 0 Å². The molecule has 1 atom stereocenters. The average Bonchev–Trinajstić information content (AvgIpc) is 2.54. The van der Waals surface area contributed by atoms with E-state index >= 15 is 0 Å². The van der Waals surface area contributed by atoms with Gasteiger partial charge < -0.3 is 5.43 Å². The van der Waals surface area contributed by atoms with Crippen LogP contribution in [-0.4, -0.2) is 11.9 Å². The van der Waals surface area contributed by atoms with E-state index in [0.717, 1.165) is 5.84 Å². The van der Waals surface area contributed by atoms with Gasteiger partial charge in [0.1, 0.15) is 5.84 Å². The van der Waals surface area contributed by atoms with E-state index in [0.29, 0.717) is 17.4 Å². The van der Waals surface area contributed by atoms with Crippen LogP contribution in [0.2, 0.25) is 0 Å². The van der Waals surface area contributed by atoms with Crippen molar-refractivity contribution >= 4 is 5.84 Å². The molecule has 0 aliphatic heterocycles.